The van der Waals surface area contributed by atoms with Crippen molar-refractivity contribution in [1.82, 2.24) is 9.55 Å². The molecule has 3 aliphatic rings. The molecule has 2 aromatic rings. The Morgan fingerprint density at radius 1 is 1.29 bits per heavy atom. The first-order chi connectivity index (χ1) is 16.5. The largest absolute Gasteiger partial charge is 0.475 e. The van der Waals surface area contributed by atoms with Crippen molar-refractivity contribution in [2.75, 3.05) is 0 Å². The van der Waals surface area contributed by atoms with Gasteiger partial charge in [0.2, 0.25) is 5.60 Å². The molecule has 1 saturated carbocycles. The summed E-state index contributed by atoms with van der Waals surface area (Å²) >= 11 is 6.01. The van der Waals surface area contributed by atoms with E-state index in [0.717, 1.165) is 23.8 Å². The van der Waals surface area contributed by atoms with Crippen LogP contribution in [0.5, 0.6) is 0 Å². The van der Waals surface area contributed by atoms with Gasteiger partial charge in [0.25, 0.3) is 5.56 Å². The van der Waals surface area contributed by atoms with Crippen molar-refractivity contribution in [3.63, 3.8) is 0 Å². The number of phosphoric ester groups is 1. The third-order valence-electron chi connectivity index (χ3n) is 6.36. The number of hydrogen-bond donors (Lipinski definition) is 1. The number of aromatic amines is 1. The topological polar surface area (TPSA) is 135 Å². The average molecular weight is 531 g/mol. The van der Waals surface area contributed by atoms with Crippen molar-refractivity contribution in [3.8, 4) is 0 Å². The minimum absolute atomic E-state index is 0.0821. The Morgan fingerprint density at radius 2 is 2.00 bits per heavy atom. The maximum Gasteiger partial charge on any atom is 0.475 e. The second kappa shape index (κ2) is 8.36. The molecule has 35 heavy (non-hydrogen) atoms. The monoisotopic (exact) mass is 530 g/mol. The second-order valence-electron chi connectivity index (χ2n) is 8.56. The fraction of sp³-hybridized carbons (Fsp3) is 0.476. The molecule has 0 radical (unpaired) electrons. The molecule has 11 nitrogen and oxygen atoms in total. The number of aromatic nitrogens is 2. The molecule has 2 aliphatic heterocycles. The number of benzene rings is 1. The lowest BCUT2D eigenvalue weighted by molar-refractivity contribution is -0.170. The predicted molar refractivity (Wildman–Crippen MR) is 117 cm³/mol. The van der Waals surface area contributed by atoms with Gasteiger partial charge in [0.05, 0.1) is 13.2 Å². The highest BCUT2D eigenvalue weighted by atomic mass is 35.5. The van der Waals surface area contributed by atoms with E-state index in [1.54, 1.807) is 18.2 Å². The van der Waals surface area contributed by atoms with E-state index < -0.39 is 54.7 Å². The number of hydrogen-bond acceptors (Lipinski definition) is 9. The highest BCUT2D eigenvalue weighted by Crippen LogP contribution is 2.69. The average Bonchev–Trinajstić information content (AvgIpc) is 3.37. The number of esters is 1. The first-order valence-electron chi connectivity index (χ1n) is 10.7. The number of rotatable bonds is 5. The minimum atomic E-state index is -4.26. The molecule has 2 unspecified atom stereocenters. The Kier molecular flexibility index (Phi) is 5.82. The van der Waals surface area contributed by atoms with Gasteiger partial charge in [0.15, 0.2) is 11.9 Å². The summed E-state index contributed by atoms with van der Waals surface area (Å²) in [5.74, 6) is -0.758. The van der Waals surface area contributed by atoms with Crippen LogP contribution in [-0.4, -0.2) is 39.0 Å². The Bertz CT molecular complexity index is 1360. The highest BCUT2D eigenvalue weighted by molar-refractivity contribution is 7.48. The molecule has 3 heterocycles. The van der Waals surface area contributed by atoms with E-state index in [1.165, 1.54) is 6.92 Å². The van der Waals surface area contributed by atoms with Crippen LogP contribution < -0.4 is 11.2 Å². The van der Waals surface area contributed by atoms with Crippen molar-refractivity contribution >= 4 is 25.4 Å². The van der Waals surface area contributed by atoms with E-state index in [9.17, 15) is 18.9 Å². The zero-order valence-electron chi connectivity index (χ0n) is 18.6. The van der Waals surface area contributed by atoms with Crippen molar-refractivity contribution in [2.24, 2.45) is 0 Å². The molecule has 5 rings (SSSR count). The Labute approximate surface area is 202 Å². The van der Waals surface area contributed by atoms with Crippen LogP contribution in [0.2, 0.25) is 5.02 Å². The van der Waals surface area contributed by atoms with E-state index in [0.29, 0.717) is 16.1 Å². The highest BCUT2D eigenvalue weighted by Gasteiger charge is 2.88. The van der Waals surface area contributed by atoms with Crippen LogP contribution in [0.3, 0.4) is 0 Å². The Morgan fingerprint density at radius 3 is 2.69 bits per heavy atom. The molecule has 1 aromatic heterocycles. The number of fused-ring (bicyclic) bond motifs is 2. The van der Waals surface area contributed by atoms with Gasteiger partial charge in [-0.3, -0.25) is 32.7 Å². The summed E-state index contributed by atoms with van der Waals surface area (Å²) in [6, 6.07) is 6.01. The third-order valence-corrected chi connectivity index (χ3v) is 7.97. The number of nitrogens with zero attached hydrogens (tertiary/aromatic N) is 1. The van der Waals surface area contributed by atoms with E-state index in [-0.39, 0.29) is 19.6 Å². The zero-order valence-corrected chi connectivity index (χ0v) is 20.2. The molecule has 0 spiro atoms. The molecular weight excluding hydrogens is 510 g/mol. The van der Waals surface area contributed by atoms with E-state index in [1.807, 2.05) is 4.98 Å². The summed E-state index contributed by atoms with van der Waals surface area (Å²) in [6.07, 6.45) is -3.15. The van der Waals surface area contributed by atoms with Crippen LogP contribution in [0.1, 0.15) is 37.6 Å². The van der Waals surface area contributed by atoms with Crippen LogP contribution in [0.25, 0.3) is 0 Å². The molecule has 0 amide bonds. The van der Waals surface area contributed by atoms with Gasteiger partial charge in [-0.15, -0.1) is 0 Å². The third kappa shape index (κ3) is 3.89. The Balaban J connectivity index is 1.43. The second-order valence-corrected chi connectivity index (χ2v) is 10.6. The van der Waals surface area contributed by atoms with Crippen LogP contribution in [0, 0.1) is 0 Å². The molecule has 14 heteroatoms. The number of nitrogens with one attached hydrogen (secondary N) is 1. The number of carbonyl (C=O) groups excluding carboxylic acids is 1. The molecule has 188 valence electrons. The summed E-state index contributed by atoms with van der Waals surface area (Å²) in [6.45, 7) is 2.33. The lowest BCUT2D eigenvalue weighted by Gasteiger charge is -2.33. The molecular formula is C21H21ClFN2O9P. The normalized spacial score (nSPS) is 35.6. The first kappa shape index (κ1) is 24.4. The van der Waals surface area contributed by atoms with Crippen LogP contribution in [0.4, 0.5) is 4.39 Å². The lowest BCUT2D eigenvalue weighted by atomic mass is 9.97. The van der Waals surface area contributed by atoms with Crippen LogP contribution >= 0.6 is 19.4 Å². The smallest absolute Gasteiger partial charge is 0.450 e. The van der Waals surface area contributed by atoms with Gasteiger partial charge in [-0.1, -0.05) is 24.6 Å². The van der Waals surface area contributed by atoms with Crippen molar-refractivity contribution in [2.45, 2.75) is 63.2 Å². The summed E-state index contributed by atoms with van der Waals surface area (Å²) in [5.41, 5.74) is -4.83. The first-order valence-corrected chi connectivity index (χ1v) is 12.6. The number of ether oxygens (including phenoxy) is 2. The maximum atomic E-state index is 16.4. The minimum Gasteiger partial charge on any atom is -0.450 e. The number of carbonyl (C=O) groups is 1. The van der Waals surface area contributed by atoms with Crippen LogP contribution in [0.15, 0.2) is 40.1 Å². The lowest BCUT2D eigenvalue weighted by Crippen LogP contribution is -2.50. The number of alkyl halides is 1. The van der Waals surface area contributed by atoms with Crippen molar-refractivity contribution < 1.29 is 36.8 Å². The van der Waals surface area contributed by atoms with E-state index in [4.69, 9.17) is 34.6 Å². The molecule has 1 N–H and O–H groups in total. The standard InChI is InChI=1S/C21H21ClFN2O9P/c1-3-15(27)33-21-16(32-18(20(21,2)23)25-7-6-14(26)24-19(25)28)17(21)34-35(29)30-9-11-4-5-13(22)8-12(11)10-31-35/h4-8,16-18H,3,9-10H2,1-2H3,(H,24,26,28)/t16-,17?,18-,20+,21+,35?/m1/s1. The van der Waals surface area contributed by atoms with Crippen molar-refractivity contribution in [1.29, 1.82) is 0 Å². The molecule has 2 fully saturated rings. The van der Waals surface area contributed by atoms with Crippen LogP contribution in [-0.2, 0) is 45.6 Å². The van der Waals surface area contributed by atoms with Gasteiger partial charge >= 0.3 is 19.5 Å². The molecule has 1 aliphatic carbocycles. The van der Waals surface area contributed by atoms with Gasteiger partial charge in [-0.05, 0) is 30.2 Å². The summed E-state index contributed by atoms with van der Waals surface area (Å²) in [5, 5.41) is 0.456. The van der Waals surface area contributed by atoms with Gasteiger partial charge in [-0.25, -0.2) is 13.8 Å². The SMILES string of the molecule is CCC(=O)O[C@]12C(OP3(=O)OCc4ccc(Cl)cc4CO3)[C@H]1O[C@@H](n1ccc(=O)[nH]c1=O)[C@]2(C)F. The fourth-order valence-corrected chi connectivity index (χ4v) is 5.98. The zero-order chi connectivity index (χ0) is 25.2. The van der Waals surface area contributed by atoms with Gasteiger partial charge in [0.1, 0.15) is 12.2 Å². The fourth-order valence-electron chi connectivity index (χ4n) is 4.45. The molecule has 1 saturated heterocycles. The number of H-pyrrole nitrogens is 1. The summed E-state index contributed by atoms with van der Waals surface area (Å²) < 4.78 is 58.2. The van der Waals surface area contributed by atoms with Gasteiger partial charge in [0, 0.05) is 23.7 Å². The van der Waals surface area contributed by atoms with Gasteiger partial charge in [-0.2, -0.15) is 0 Å². The molecule has 6 atom stereocenters. The number of halogens is 2. The number of phosphoric acid groups is 1. The Hall–Kier alpha value is -2.34. The van der Waals surface area contributed by atoms with E-state index >= 15 is 4.39 Å². The van der Waals surface area contributed by atoms with E-state index in [2.05, 4.69) is 0 Å². The summed E-state index contributed by atoms with van der Waals surface area (Å²) in [7, 11) is -4.26. The summed E-state index contributed by atoms with van der Waals surface area (Å²) in [4.78, 5) is 37.9. The van der Waals surface area contributed by atoms with Gasteiger partial charge < -0.3 is 9.47 Å². The molecule has 0 bridgehead atoms. The molecule has 1 aromatic carbocycles. The quantitative estimate of drug-likeness (QED) is 0.457. The van der Waals surface area contributed by atoms with Crippen molar-refractivity contribution in [3.05, 3.63) is 67.4 Å². The maximum absolute atomic E-state index is 16.4. The predicted octanol–water partition coefficient (Wildman–Crippen LogP) is 2.76.